The number of H-pyrrole nitrogens is 1. The number of nitriles is 1. The Kier molecular flexibility index (Phi) is 3.50. The number of fused-ring (bicyclic) bond motifs is 1. The van der Waals surface area contributed by atoms with Crippen LogP contribution in [0.4, 0.5) is 0 Å². The van der Waals surface area contributed by atoms with Crippen LogP contribution in [0.1, 0.15) is 12.5 Å². The zero-order chi connectivity index (χ0) is 15.5. The van der Waals surface area contributed by atoms with Gasteiger partial charge in [-0.05, 0) is 13.0 Å². The molecule has 2 heterocycles. The van der Waals surface area contributed by atoms with Crippen molar-refractivity contribution in [3.05, 3.63) is 53.9 Å². The quantitative estimate of drug-likeness (QED) is 0.593. The van der Waals surface area contributed by atoms with Crippen molar-refractivity contribution in [2.45, 2.75) is 6.92 Å². The third kappa shape index (κ3) is 2.50. The van der Waals surface area contributed by atoms with E-state index < -0.39 is 0 Å². The second kappa shape index (κ2) is 5.62. The third-order valence-corrected chi connectivity index (χ3v) is 3.28. The molecule has 0 aliphatic heterocycles. The first-order valence-electron chi connectivity index (χ1n) is 6.71. The van der Waals surface area contributed by atoms with Gasteiger partial charge in [0.1, 0.15) is 11.6 Å². The number of nitrogens with one attached hydrogen (secondary N) is 1. The molecule has 0 atom stereocenters. The fraction of sp³-hybridized carbons (Fsp3) is 0.0588. The van der Waals surface area contributed by atoms with Crippen molar-refractivity contribution in [1.82, 2.24) is 15.0 Å². The molecule has 0 spiro atoms. The Morgan fingerprint density at radius 1 is 1.32 bits per heavy atom. The summed E-state index contributed by atoms with van der Waals surface area (Å²) in [6, 6.07) is 11.6. The van der Waals surface area contributed by atoms with Gasteiger partial charge in [0.15, 0.2) is 11.4 Å². The van der Waals surface area contributed by atoms with Gasteiger partial charge in [-0.15, -0.1) is 0 Å². The Balaban J connectivity index is 2.14. The molecule has 3 aromatic rings. The normalized spacial score (nSPS) is 11.4. The molecule has 0 bridgehead atoms. The van der Waals surface area contributed by atoms with Gasteiger partial charge in [0.05, 0.1) is 17.5 Å². The lowest BCUT2D eigenvalue weighted by molar-refractivity contribution is -0.113. The van der Waals surface area contributed by atoms with Crippen molar-refractivity contribution in [1.29, 1.82) is 5.26 Å². The Bertz CT molecular complexity index is 917. The minimum atomic E-state index is -0.274. The second-order valence-corrected chi connectivity index (χ2v) is 4.79. The van der Waals surface area contributed by atoms with E-state index in [-0.39, 0.29) is 11.4 Å². The summed E-state index contributed by atoms with van der Waals surface area (Å²) in [5.74, 6) is -0.274. The molecular formula is C17H12N4O. The number of rotatable bonds is 3. The number of benzene rings is 1. The van der Waals surface area contributed by atoms with E-state index in [0.29, 0.717) is 16.7 Å². The molecule has 0 unspecified atom stereocenters. The van der Waals surface area contributed by atoms with Gasteiger partial charge in [-0.2, -0.15) is 5.26 Å². The van der Waals surface area contributed by atoms with Crippen molar-refractivity contribution in [3.63, 3.8) is 0 Å². The number of aromatic amines is 1. The molecule has 2 aromatic heterocycles. The highest BCUT2D eigenvalue weighted by Crippen LogP contribution is 2.22. The average molecular weight is 288 g/mol. The minimum absolute atomic E-state index is 0.0906. The summed E-state index contributed by atoms with van der Waals surface area (Å²) >= 11 is 0. The van der Waals surface area contributed by atoms with Crippen LogP contribution in [0.2, 0.25) is 0 Å². The summed E-state index contributed by atoms with van der Waals surface area (Å²) in [5, 5.41) is 9.01. The molecule has 0 aliphatic rings. The standard InChI is InChI=1S/C17H12N4O/c1-11(22)13(8-18)7-14-9-19-17-16(14)21-15(10-20-17)12-5-3-2-4-6-12/h2-7,9-10H,1H3,(H,19,20)/b13-7+. The van der Waals surface area contributed by atoms with Crippen molar-refractivity contribution >= 4 is 23.0 Å². The van der Waals surface area contributed by atoms with E-state index >= 15 is 0 Å². The minimum Gasteiger partial charge on any atom is -0.344 e. The zero-order valence-electron chi connectivity index (χ0n) is 11.9. The van der Waals surface area contributed by atoms with Crippen LogP contribution in [-0.2, 0) is 4.79 Å². The van der Waals surface area contributed by atoms with Gasteiger partial charge in [0.25, 0.3) is 0 Å². The van der Waals surface area contributed by atoms with Crippen LogP contribution in [0.5, 0.6) is 0 Å². The molecule has 0 amide bonds. The van der Waals surface area contributed by atoms with E-state index in [1.54, 1.807) is 12.4 Å². The Morgan fingerprint density at radius 3 is 2.77 bits per heavy atom. The summed E-state index contributed by atoms with van der Waals surface area (Å²) in [5.41, 5.74) is 3.71. The molecule has 0 fully saturated rings. The predicted molar refractivity (Wildman–Crippen MR) is 83.6 cm³/mol. The summed E-state index contributed by atoms with van der Waals surface area (Å²) in [6.45, 7) is 1.37. The molecule has 5 nitrogen and oxygen atoms in total. The molecular weight excluding hydrogens is 276 g/mol. The first-order valence-corrected chi connectivity index (χ1v) is 6.71. The molecule has 0 saturated carbocycles. The summed E-state index contributed by atoms with van der Waals surface area (Å²) in [7, 11) is 0. The van der Waals surface area contributed by atoms with E-state index in [9.17, 15) is 4.79 Å². The lowest BCUT2D eigenvalue weighted by Gasteiger charge is -2.00. The maximum absolute atomic E-state index is 11.4. The Morgan fingerprint density at radius 2 is 2.09 bits per heavy atom. The number of Topliss-reactive ketones (excluding diaryl/α,β-unsaturated/α-hetero) is 1. The van der Waals surface area contributed by atoms with E-state index in [0.717, 1.165) is 11.3 Å². The summed E-state index contributed by atoms with van der Waals surface area (Å²) in [4.78, 5) is 23.3. The third-order valence-electron chi connectivity index (χ3n) is 3.28. The number of carbonyl (C=O) groups is 1. The van der Waals surface area contributed by atoms with Crippen molar-refractivity contribution in [3.8, 4) is 17.3 Å². The first kappa shape index (κ1) is 13.7. The smallest absolute Gasteiger partial charge is 0.170 e. The molecule has 1 aromatic carbocycles. The zero-order valence-corrected chi connectivity index (χ0v) is 11.9. The summed E-state index contributed by atoms with van der Waals surface area (Å²) < 4.78 is 0. The van der Waals surface area contributed by atoms with Gasteiger partial charge >= 0.3 is 0 Å². The molecule has 3 rings (SSSR count). The number of ketones is 1. The highest BCUT2D eigenvalue weighted by Gasteiger charge is 2.10. The average Bonchev–Trinajstić information content (AvgIpc) is 2.95. The van der Waals surface area contributed by atoms with Gasteiger partial charge in [0.2, 0.25) is 0 Å². The van der Waals surface area contributed by atoms with Gasteiger partial charge in [-0.3, -0.25) is 4.79 Å². The number of hydrogen-bond acceptors (Lipinski definition) is 4. The largest absolute Gasteiger partial charge is 0.344 e. The Hall–Kier alpha value is -3.26. The van der Waals surface area contributed by atoms with Crippen molar-refractivity contribution < 1.29 is 4.79 Å². The molecule has 0 aliphatic carbocycles. The van der Waals surface area contributed by atoms with E-state index in [4.69, 9.17) is 5.26 Å². The topological polar surface area (TPSA) is 82.4 Å². The first-order chi connectivity index (χ1) is 10.7. The highest BCUT2D eigenvalue weighted by molar-refractivity contribution is 6.03. The van der Waals surface area contributed by atoms with Crippen LogP contribution in [0.25, 0.3) is 28.5 Å². The highest BCUT2D eigenvalue weighted by atomic mass is 16.1. The molecule has 0 radical (unpaired) electrons. The van der Waals surface area contributed by atoms with Crippen LogP contribution in [0, 0.1) is 11.3 Å². The van der Waals surface area contributed by atoms with Crippen LogP contribution in [0.15, 0.2) is 48.3 Å². The van der Waals surface area contributed by atoms with Crippen molar-refractivity contribution in [2.24, 2.45) is 0 Å². The van der Waals surface area contributed by atoms with E-state index in [1.165, 1.54) is 13.0 Å². The number of allylic oxidation sites excluding steroid dienone is 1. The van der Waals surface area contributed by atoms with E-state index in [2.05, 4.69) is 15.0 Å². The second-order valence-electron chi connectivity index (χ2n) is 4.79. The number of hydrogen-bond donors (Lipinski definition) is 1. The van der Waals surface area contributed by atoms with Gasteiger partial charge in [-0.1, -0.05) is 30.3 Å². The molecule has 5 heteroatoms. The van der Waals surface area contributed by atoms with Crippen LogP contribution in [-0.4, -0.2) is 20.7 Å². The van der Waals surface area contributed by atoms with Gasteiger partial charge in [-0.25, -0.2) is 9.97 Å². The maximum atomic E-state index is 11.4. The molecule has 0 saturated heterocycles. The summed E-state index contributed by atoms with van der Waals surface area (Å²) in [6.07, 6.45) is 4.92. The van der Waals surface area contributed by atoms with Crippen LogP contribution >= 0.6 is 0 Å². The molecule has 1 N–H and O–H groups in total. The van der Waals surface area contributed by atoms with E-state index in [1.807, 2.05) is 36.4 Å². The lowest BCUT2D eigenvalue weighted by Crippen LogP contribution is -1.93. The predicted octanol–water partition coefficient (Wildman–Crippen LogP) is 3.12. The van der Waals surface area contributed by atoms with Crippen LogP contribution < -0.4 is 0 Å². The number of nitrogens with zero attached hydrogens (tertiary/aromatic N) is 3. The number of carbonyl (C=O) groups excluding carboxylic acids is 1. The van der Waals surface area contributed by atoms with Crippen LogP contribution in [0.3, 0.4) is 0 Å². The molecule has 22 heavy (non-hydrogen) atoms. The van der Waals surface area contributed by atoms with Gasteiger partial charge in [0, 0.05) is 17.3 Å². The Labute approximate surface area is 127 Å². The lowest BCUT2D eigenvalue weighted by atomic mass is 10.1. The monoisotopic (exact) mass is 288 g/mol. The fourth-order valence-electron chi connectivity index (χ4n) is 2.14. The maximum Gasteiger partial charge on any atom is 0.170 e. The fourth-order valence-corrected chi connectivity index (χ4v) is 2.14. The van der Waals surface area contributed by atoms with Gasteiger partial charge < -0.3 is 4.98 Å². The SMILES string of the molecule is CC(=O)/C(C#N)=C/c1c[nH]c2ncc(-c3ccccc3)nc12. The van der Waals surface area contributed by atoms with Crippen molar-refractivity contribution in [2.75, 3.05) is 0 Å². The molecule has 106 valence electrons. The number of aromatic nitrogens is 3.